The van der Waals surface area contributed by atoms with E-state index in [0.29, 0.717) is 22.3 Å². The number of nitriles is 1. The first-order valence-corrected chi connectivity index (χ1v) is 8.65. The summed E-state index contributed by atoms with van der Waals surface area (Å²) >= 11 is 0. The molecule has 0 amide bonds. The third-order valence-corrected chi connectivity index (χ3v) is 4.67. The molecule has 0 saturated heterocycles. The lowest BCUT2D eigenvalue weighted by molar-refractivity contribution is 0.0696. The number of rotatable bonds is 4. The maximum atomic E-state index is 11.5. The van der Waals surface area contributed by atoms with Gasteiger partial charge in [0.1, 0.15) is 6.07 Å². The van der Waals surface area contributed by atoms with Crippen molar-refractivity contribution >= 4 is 22.9 Å². The second kappa shape index (κ2) is 6.89. The van der Waals surface area contributed by atoms with Gasteiger partial charge in [0.15, 0.2) is 0 Å². The van der Waals surface area contributed by atoms with Gasteiger partial charge in [-0.1, -0.05) is 42.5 Å². The van der Waals surface area contributed by atoms with Crippen LogP contribution in [0.4, 0.5) is 11.4 Å². The van der Waals surface area contributed by atoms with Crippen molar-refractivity contribution < 1.29 is 9.90 Å². The van der Waals surface area contributed by atoms with Crippen molar-refractivity contribution in [3.05, 3.63) is 83.7 Å². The zero-order valence-electron chi connectivity index (χ0n) is 15.0. The number of carboxylic acids is 1. The van der Waals surface area contributed by atoms with Crippen LogP contribution in [-0.4, -0.2) is 20.7 Å². The normalized spacial score (nSPS) is 10.6. The van der Waals surface area contributed by atoms with Crippen LogP contribution in [0, 0.1) is 18.3 Å². The Hall–Kier alpha value is -4.11. The summed E-state index contributed by atoms with van der Waals surface area (Å²) in [5.41, 5.74) is 5.16. The lowest BCUT2D eigenvalue weighted by atomic mass is 10.1. The largest absolute Gasteiger partial charge is 0.478 e. The molecule has 6 heteroatoms. The molecule has 4 rings (SSSR count). The summed E-state index contributed by atoms with van der Waals surface area (Å²) in [5.74, 6) is -1.03. The third kappa shape index (κ3) is 2.95. The van der Waals surface area contributed by atoms with Gasteiger partial charge in [0.25, 0.3) is 0 Å². The van der Waals surface area contributed by atoms with Gasteiger partial charge in [0.2, 0.25) is 0 Å². The van der Waals surface area contributed by atoms with Gasteiger partial charge in [0, 0.05) is 11.9 Å². The van der Waals surface area contributed by atoms with Gasteiger partial charge in [0.05, 0.1) is 28.5 Å². The van der Waals surface area contributed by atoms with E-state index < -0.39 is 5.97 Å². The van der Waals surface area contributed by atoms with Gasteiger partial charge in [-0.05, 0) is 35.7 Å². The lowest BCUT2D eigenvalue weighted by Crippen LogP contribution is -2.01. The van der Waals surface area contributed by atoms with Crippen molar-refractivity contribution in [3.8, 4) is 17.2 Å². The molecule has 4 aromatic rings. The number of aromatic carboxylic acids is 1. The van der Waals surface area contributed by atoms with Crippen LogP contribution in [0.2, 0.25) is 0 Å². The summed E-state index contributed by atoms with van der Waals surface area (Å²) in [4.78, 5) is 11.5. The number of nitrogens with zero attached hydrogens (tertiary/aromatic N) is 3. The van der Waals surface area contributed by atoms with Crippen LogP contribution < -0.4 is 5.32 Å². The summed E-state index contributed by atoms with van der Waals surface area (Å²) in [7, 11) is 0. The number of anilines is 2. The smallest absolute Gasteiger partial charge is 0.337 e. The van der Waals surface area contributed by atoms with Gasteiger partial charge >= 0.3 is 5.97 Å². The zero-order valence-corrected chi connectivity index (χ0v) is 15.0. The molecule has 0 aliphatic rings. The van der Waals surface area contributed by atoms with Crippen molar-refractivity contribution in [2.45, 2.75) is 6.92 Å². The van der Waals surface area contributed by atoms with Crippen LogP contribution in [0.3, 0.4) is 0 Å². The summed E-state index contributed by atoms with van der Waals surface area (Å²) in [6.45, 7) is 1.71. The molecule has 2 heterocycles. The molecular weight excluding hydrogens is 352 g/mol. The predicted molar refractivity (Wildman–Crippen MR) is 107 cm³/mol. The molecule has 0 radical (unpaired) electrons. The van der Waals surface area contributed by atoms with Crippen molar-refractivity contribution in [1.29, 1.82) is 5.26 Å². The molecule has 136 valence electrons. The van der Waals surface area contributed by atoms with E-state index in [4.69, 9.17) is 0 Å². The number of benzene rings is 2. The highest BCUT2D eigenvalue weighted by Crippen LogP contribution is 2.31. The van der Waals surface area contributed by atoms with E-state index in [1.165, 1.54) is 16.9 Å². The minimum Gasteiger partial charge on any atom is -0.478 e. The monoisotopic (exact) mass is 368 g/mol. The van der Waals surface area contributed by atoms with Gasteiger partial charge < -0.3 is 10.4 Å². The van der Waals surface area contributed by atoms with Crippen LogP contribution in [0.15, 0.2) is 67.0 Å². The van der Waals surface area contributed by atoms with E-state index in [0.717, 1.165) is 16.8 Å². The van der Waals surface area contributed by atoms with Crippen molar-refractivity contribution in [3.63, 3.8) is 0 Å². The fourth-order valence-corrected chi connectivity index (χ4v) is 3.24. The highest BCUT2D eigenvalue weighted by Gasteiger charge is 2.19. The molecule has 6 nitrogen and oxygen atoms in total. The SMILES string of the molecule is Cc1c(C(=O)O)cn2ncc(C#N)c(Nc3ccc(-c4ccccc4)cc3)c12. The number of hydrogen-bond donors (Lipinski definition) is 2. The van der Waals surface area contributed by atoms with Crippen LogP contribution in [0.5, 0.6) is 0 Å². The van der Waals surface area contributed by atoms with Crippen molar-refractivity contribution in [1.82, 2.24) is 9.61 Å². The van der Waals surface area contributed by atoms with Gasteiger partial charge in [-0.25, -0.2) is 9.31 Å². The molecule has 0 aliphatic heterocycles. The van der Waals surface area contributed by atoms with Crippen LogP contribution in [-0.2, 0) is 0 Å². The molecule has 0 unspecified atom stereocenters. The average molecular weight is 368 g/mol. The Balaban J connectivity index is 1.77. The summed E-state index contributed by atoms with van der Waals surface area (Å²) in [5, 5.41) is 26.3. The molecule has 2 aromatic heterocycles. The Bertz CT molecular complexity index is 1220. The molecular formula is C22H16N4O2. The van der Waals surface area contributed by atoms with Crippen molar-refractivity contribution in [2.24, 2.45) is 0 Å². The van der Waals surface area contributed by atoms with E-state index in [2.05, 4.69) is 16.5 Å². The first kappa shape index (κ1) is 17.3. The highest BCUT2D eigenvalue weighted by molar-refractivity contribution is 5.96. The zero-order chi connectivity index (χ0) is 19.7. The Labute approximate surface area is 161 Å². The molecule has 0 fully saturated rings. The van der Waals surface area contributed by atoms with Crippen LogP contribution >= 0.6 is 0 Å². The fraction of sp³-hybridized carbons (Fsp3) is 0.0455. The summed E-state index contributed by atoms with van der Waals surface area (Å²) < 4.78 is 1.49. The van der Waals surface area contributed by atoms with Gasteiger partial charge in [-0.15, -0.1) is 0 Å². The fourth-order valence-electron chi connectivity index (χ4n) is 3.24. The van der Waals surface area contributed by atoms with E-state index in [1.54, 1.807) is 6.92 Å². The molecule has 0 bridgehead atoms. The quantitative estimate of drug-likeness (QED) is 0.548. The van der Waals surface area contributed by atoms with Gasteiger partial charge in [-0.3, -0.25) is 0 Å². The number of hydrogen-bond acceptors (Lipinski definition) is 4. The first-order chi connectivity index (χ1) is 13.6. The average Bonchev–Trinajstić information content (AvgIpc) is 3.07. The number of fused-ring (bicyclic) bond motifs is 1. The van der Waals surface area contributed by atoms with E-state index >= 15 is 0 Å². The summed E-state index contributed by atoms with van der Waals surface area (Å²) in [6.07, 6.45) is 2.89. The Morgan fingerprint density at radius 3 is 2.43 bits per heavy atom. The van der Waals surface area contributed by atoms with E-state index in [-0.39, 0.29) is 5.56 Å². The summed E-state index contributed by atoms with van der Waals surface area (Å²) in [6, 6.07) is 20.0. The second-order valence-corrected chi connectivity index (χ2v) is 6.38. The Morgan fingerprint density at radius 2 is 1.79 bits per heavy atom. The molecule has 2 N–H and O–H groups in total. The van der Waals surface area contributed by atoms with Gasteiger partial charge in [-0.2, -0.15) is 10.4 Å². The number of aromatic nitrogens is 2. The number of carboxylic acid groups (broad SMARTS) is 1. The number of aryl methyl sites for hydroxylation is 1. The highest BCUT2D eigenvalue weighted by atomic mass is 16.4. The first-order valence-electron chi connectivity index (χ1n) is 8.65. The number of nitrogens with one attached hydrogen (secondary N) is 1. The van der Waals surface area contributed by atoms with Crippen LogP contribution in [0.1, 0.15) is 21.5 Å². The van der Waals surface area contributed by atoms with E-state index in [9.17, 15) is 15.2 Å². The minimum atomic E-state index is -1.03. The number of carbonyl (C=O) groups is 1. The molecule has 0 saturated carbocycles. The minimum absolute atomic E-state index is 0.157. The van der Waals surface area contributed by atoms with Crippen molar-refractivity contribution in [2.75, 3.05) is 5.32 Å². The molecule has 2 aromatic carbocycles. The molecule has 0 spiro atoms. The lowest BCUT2D eigenvalue weighted by Gasteiger charge is -2.12. The predicted octanol–water partition coefficient (Wildman–Crippen LogP) is 4.62. The topological polar surface area (TPSA) is 90.4 Å². The Morgan fingerprint density at radius 1 is 1.11 bits per heavy atom. The Kier molecular flexibility index (Phi) is 4.26. The maximum absolute atomic E-state index is 11.5. The molecule has 0 aliphatic carbocycles. The third-order valence-electron chi connectivity index (χ3n) is 4.67. The standard InChI is InChI=1S/C22H16N4O2/c1-14-19(22(27)28)13-26-21(14)20(17(11-23)12-24-26)25-18-9-7-16(8-10-18)15-5-3-2-4-6-15/h2-10,12-13,25H,1H3,(H,27,28). The van der Waals surface area contributed by atoms with E-state index in [1.807, 2.05) is 54.6 Å². The van der Waals surface area contributed by atoms with Crippen LogP contribution in [0.25, 0.3) is 16.6 Å². The molecule has 0 atom stereocenters. The maximum Gasteiger partial charge on any atom is 0.337 e. The molecule has 28 heavy (non-hydrogen) atoms. The second-order valence-electron chi connectivity index (χ2n) is 6.38.